The number of ether oxygens (including phenoxy) is 2. The Morgan fingerprint density at radius 2 is 1.95 bits per heavy atom. The van der Waals surface area contributed by atoms with Gasteiger partial charge in [0.15, 0.2) is 11.5 Å². The van der Waals surface area contributed by atoms with Crippen LogP contribution in [0, 0.1) is 5.92 Å². The van der Waals surface area contributed by atoms with Gasteiger partial charge in [0.05, 0.1) is 18.8 Å². The topological polar surface area (TPSA) is 55.8 Å². The molecule has 1 aromatic carbocycles. The monoisotopic (exact) mass is 278 g/mol. The van der Waals surface area contributed by atoms with Crippen LogP contribution in [0.5, 0.6) is 11.5 Å². The maximum atomic E-state index is 11.0. The van der Waals surface area contributed by atoms with Crippen LogP contribution in [-0.4, -0.2) is 24.3 Å². The highest BCUT2D eigenvalue weighted by atomic mass is 16.5. The van der Waals surface area contributed by atoms with Gasteiger partial charge in [-0.15, -0.1) is 0 Å². The lowest BCUT2D eigenvalue weighted by molar-refractivity contribution is 0.0696. The van der Waals surface area contributed by atoms with Gasteiger partial charge in [0.2, 0.25) is 0 Å². The largest absolute Gasteiger partial charge is 0.490 e. The second kappa shape index (κ2) is 7.17. The summed E-state index contributed by atoms with van der Waals surface area (Å²) in [5, 5.41) is 9.01. The Morgan fingerprint density at radius 3 is 2.60 bits per heavy atom. The molecule has 0 saturated heterocycles. The van der Waals surface area contributed by atoms with Crippen LogP contribution in [0.25, 0.3) is 0 Å². The number of aromatic carboxylic acids is 1. The molecule has 0 atom stereocenters. The van der Waals surface area contributed by atoms with Crippen molar-refractivity contribution in [2.75, 3.05) is 13.2 Å². The Labute approximate surface area is 119 Å². The van der Waals surface area contributed by atoms with E-state index < -0.39 is 5.97 Å². The normalized spacial score (nSPS) is 15.8. The van der Waals surface area contributed by atoms with E-state index in [1.807, 2.05) is 6.92 Å². The number of rotatable bonds is 6. The summed E-state index contributed by atoms with van der Waals surface area (Å²) in [6, 6.07) is 4.78. The van der Waals surface area contributed by atoms with Crippen molar-refractivity contribution >= 4 is 5.97 Å². The zero-order valence-corrected chi connectivity index (χ0v) is 11.9. The van der Waals surface area contributed by atoms with Gasteiger partial charge in [0.1, 0.15) is 0 Å². The molecular formula is C16H22O4. The first-order valence-electron chi connectivity index (χ1n) is 7.33. The lowest BCUT2D eigenvalue weighted by Crippen LogP contribution is -2.15. The van der Waals surface area contributed by atoms with Crippen molar-refractivity contribution in [2.45, 2.75) is 39.0 Å². The fourth-order valence-corrected chi connectivity index (χ4v) is 2.59. The summed E-state index contributed by atoms with van der Waals surface area (Å²) in [4.78, 5) is 11.0. The highest BCUT2D eigenvalue weighted by Gasteiger charge is 2.16. The van der Waals surface area contributed by atoms with E-state index >= 15 is 0 Å². The SMILES string of the molecule is CCOc1cc(C(=O)O)ccc1OCC1CCCCC1. The highest BCUT2D eigenvalue weighted by Crippen LogP contribution is 2.31. The maximum Gasteiger partial charge on any atom is 0.335 e. The van der Waals surface area contributed by atoms with Gasteiger partial charge in [-0.2, -0.15) is 0 Å². The molecule has 1 saturated carbocycles. The quantitative estimate of drug-likeness (QED) is 0.861. The molecule has 1 aromatic rings. The molecule has 0 aliphatic heterocycles. The van der Waals surface area contributed by atoms with E-state index in [2.05, 4.69) is 0 Å². The second-order valence-corrected chi connectivity index (χ2v) is 5.21. The lowest BCUT2D eigenvalue weighted by atomic mass is 9.90. The molecule has 0 spiro atoms. The molecule has 2 rings (SSSR count). The summed E-state index contributed by atoms with van der Waals surface area (Å²) in [7, 11) is 0. The van der Waals surface area contributed by atoms with E-state index in [1.54, 1.807) is 12.1 Å². The molecule has 110 valence electrons. The zero-order chi connectivity index (χ0) is 14.4. The van der Waals surface area contributed by atoms with Gasteiger partial charge in [-0.1, -0.05) is 19.3 Å². The first-order chi connectivity index (χ1) is 9.70. The molecule has 1 aliphatic rings. The predicted octanol–water partition coefficient (Wildman–Crippen LogP) is 3.74. The lowest BCUT2D eigenvalue weighted by Gasteiger charge is -2.22. The van der Waals surface area contributed by atoms with Crippen molar-refractivity contribution in [1.29, 1.82) is 0 Å². The van der Waals surface area contributed by atoms with Crippen LogP contribution in [0.2, 0.25) is 0 Å². The zero-order valence-electron chi connectivity index (χ0n) is 11.9. The first-order valence-corrected chi connectivity index (χ1v) is 7.33. The Bertz CT molecular complexity index is 450. The minimum atomic E-state index is -0.954. The summed E-state index contributed by atoms with van der Waals surface area (Å²) in [5.74, 6) is 0.813. The van der Waals surface area contributed by atoms with Crippen molar-refractivity contribution in [1.82, 2.24) is 0 Å². The van der Waals surface area contributed by atoms with E-state index in [4.69, 9.17) is 14.6 Å². The minimum Gasteiger partial charge on any atom is -0.490 e. The van der Waals surface area contributed by atoms with Crippen molar-refractivity contribution < 1.29 is 19.4 Å². The fraction of sp³-hybridized carbons (Fsp3) is 0.562. The molecule has 0 unspecified atom stereocenters. The highest BCUT2D eigenvalue weighted by molar-refractivity contribution is 5.88. The Hall–Kier alpha value is -1.71. The van der Waals surface area contributed by atoms with Crippen molar-refractivity contribution in [3.05, 3.63) is 23.8 Å². The van der Waals surface area contributed by atoms with E-state index in [-0.39, 0.29) is 5.56 Å². The van der Waals surface area contributed by atoms with Crippen molar-refractivity contribution in [3.8, 4) is 11.5 Å². The molecular weight excluding hydrogens is 256 g/mol. The molecule has 0 amide bonds. The van der Waals surface area contributed by atoms with Crippen LogP contribution in [0.3, 0.4) is 0 Å². The maximum absolute atomic E-state index is 11.0. The standard InChI is InChI=1S/C16H22O4/c1-2-19-15-10-13(16(17)18)8-9-14(15)20-11-12-6-4-3-5-7-12/h8-10,12H,2-7,11H2,1H3,(H,17,18). The third-order valence-corrected chi connectivity index (χ3v) is 3.69. The second-order valence-electron chi connectivity index (χ2n) is 5.21. The van der Waals surface area contributed by atoms with Crippen LogP contribution in [0.15, 0.2) is 18.2 Å². The molecule has 0 bridgehead atoms. The fourth-order valence-electron chi connectivity index (χ4n) is 2.59. The summed E-state index contributed by atoms with van der Waals surface area (Å²) in [5.41, 5.74) is 0.221. The van der Waals surface area contributed by atoms with E-state index in [1.165, 1.54) is 38.2 Å². The van der Waals surface area contributed by atoms with Gasteiger partial charge in [-0.05, 0) is 43.9 Å². The third-order valence-electron chi connectivity index (χ3n) is 3.69. The van der Waals surface area contributed by atoms with Gasteiger partial charge in [-0.25, -0.2) is 4.79 Å². The van der Waals surface area contributed by atoms with Gasteiger partial charge >= 0.3 is 5.97 Å². The van der Waals surface area contributed by atoms with E-state index in [9.17, 15) is 4.79 Å². The molecule has 0 aromatic heterocycles. The number of carbonyl (C=O) groups is 1. The number of carboxylic acid groups (broad SMARTS) is 1. The van der Waals surface area contributed by atoms with Crippen LogP contribution in [-0.2, 0) is 0 Å². The molecule has 4 heteroatoms. The van der Waals surface area contributed by atoms with Crippen molar-refractivity contribution in [3.63, 3.8) is 0 Å². The van der Waals surface area contributed by atoms with Gasteiger partial charge < -0.3 is 14.6 Å². The summed E-state index contributed by atoms with van der Waals surface area (Å²) in [6.45, 7) is 3.05. The van der Waals surface area contributed by atoms with Crippen molar-refractivity contribution in [2.24, 2.45) is 5.92 Å². The molecule has 1 fully saturated rings. The number of hydrogen-bond donors (Lipinski definition) is 1. The van der Waals surface area contributed by atoms with Crippen LogP contribution >= 0.6 is 0 Å². The minimum absolute atomic E-state index is 0.221. The van der Waals surface area contributed by atoms with E-state index in [0.717, 1.165) is 0 Å². The van der Waals surface area contributed by atoms with Gasteiger partial charge in [0.25, 0.3) is 0 Å². The van der Waals surface area contributed by atoms with Gasteiger partial charge in [-0.3, -0.25) is 0 Å². The average molecular weight is 278 g/mol. The molecule has 1 N–H and O–H groups in total. The summed E-state index contributed by atoms with van der Waals surface area (Å²) < 4.78 is 11.3. The van der Waals surface area contributed by atoms with Crippen LogP contribution in [0.1, 0.15) is 49.4 Å². The molecule has 4 nitrogen and oxygen atoms in total. The van der Waals surface area contributed by atoms with Gasteiger partial charge in [0, 0.05) is 0 Å². The Morgan fingerprint density at radius 1 is 1.20 bits per heavy atom. The number of carboxylic acids is 1. The molecule has 1 aliphatic carbocycles. The molecule has 0 heterocycles. The Balaban J connectivity index is 2.03. The Kier molecular flexibility index (Phi) is 5.27. The molecule has 20 heavy (non-hydrogen) atoms. The summed E-state index contributed by atoms with van der Waals surface area (Å²) in [6.07, 6.45) is 6.33. The third kappa shape index (κ3) is 3.89. The first kappa shape index (κ1) is 14.7. The summed E-state index contributed by atoms with van der Waals surface area (Å²) >= 11 is 0. The predicted molar refractivity (Wildman–Crippen MR) is 76.6 cm³/mol. The van der Waals surface area contributed by atoms with Crippen LogP contribution < -0.4 is 9.47 Å². The molecule has 0 radical (unpaired) electrons. The average Bonchev–Trinajstić information content (AvgIpc) is 2.47. The van der Waals surface area contributed by atoms with Crippen LogP contribution in [0.4, 0.5) is 0 Å². The number of hydrogen-bond acceptors (Lipinski definition) is 3. The van der Waals surface area contributed by atoms with E-state index in [0.29, 0.717) is 30.6 Å². The smallest absolute Gasteiger partial charge is 0.335 e. The number of benzene rings is 1.